The van der Waals surface area contributed by atoms with Gasteiger partial charge in [0.1, 0.15) is 16.5 Å². The van der Waals surface area contributed by atoms with E-state index in [9.17, 15) is 14.3 Å². The third-order valence-corrected chi connectivity index (χ3v) is 4.29. The van der Waals surface area contributed by atoms with Crippen LogP contribution in [0, 0.1) is 5.82 Å². The maximum atomic E-state index is 13.0. The molecule has 0 saturated heterocycles. The maximum Gasteiger partial charge on any atom is 0.291 e. The number of hydrogen-bond donors (Lipinski definition) is 2. The fourth-order valence-electron chi connectivity index (χ4n) is 2.75. The van der Waals surface area contributed by atoms with E-state index in [0.29, 0.717) is 17.7 Å². The van der Waals surface area contributed by atoms with Crippen LogP contribution in [-0.2, 0) is 0 Å². The summed E-state index contributed by atoms with van der Waals surface area (Å²) < 4.78 is 18.0. The lowest BCUT2D eigenvalue weighted by Gasteiger charge is -2.26. The smallest absolute Gasteiger partial charge is 0.291 e. The zero-order valence-electron chi connectivity index (χ0n) is 12.3. The molecule has 1 aliphatic rings. The SMILES string of the molecule is O=C(N[C@@H]1CCC[C@H](O)C1)c1onc(-c2ccc(F)cc2)c1Cl. The normalized spacial score (nSPS) is 21.2. The van der Waals surface area contributed by atoms with Crippen LogP contribution in [-0.4, -0.2) is 28.3 Å². The van der Waals surface area contributed by atoms with Crippen LogP contribution in [0.15, 0.2) is 28.8 Å². The second-order valence-electron chi connectivity index (χ2n) is 5.67. The van der Waals surface area contributed by atoms with E-state index >= 15 is 0 Å². The van der Waals surface area contributed by atoms with E-state index in [4.69, 9.17) is 16.1 Å². The van der Waals surface area contributed by atoms with Gasteiger partial charge in [-0.1, -0.05) is 16.8 Å². The molecule has 1 aliphatic carbocycles. The summed E-state index contributed by atoms with van der Waals surface area (Å²) in [7, 11) is 0. The van der Waals surface area contributed by atoms with E-state index in [1.807, 2.05) is 0 Å². The Labute approximate surface area is 137 Å². The largest absolute Gasteiger partial charge is 0.393 e. The van der Waals surface area contributed by atoms with E-state index in [1.54, 1.807) is 0 Å². The average molecular weight is 339 g/mol. The summed E-state index contributed by atoms with van der Waals surface area (Å²) in [4.78, 5) is 12.3. The van der Waals surface area contributed by atoms with Gasteiger partial charge in [-0.15, -0.1) is 0 Å². The number of halogens is 2. The minimum Gasteiger partial charge on any atom is -0.393 e. The summed E-state index contributed by atoms with van der Waals surface area (Å²) >= 11 is 6.18. The molecule has 0 radical (unpaired) electrons. The highest BCUT2D eigenvalue weighted by Crippen LogP contribution is 2.30. The molecule has 0 bridgehead atoms. The molecule has 7 heteroatoms. The molecule has 0 spiro atoms. The number of aliphatic hydroxyl groups is 1. The molecule has 1 aromatic carbocycles. The van der Waals surface area contributed by atoms with Crippen LogP contribution < -0.4 is 5.32 Å². The lowest BCUT2D eigenvalue weighted by Crippen LogP contribution is -2.39. The van der Waals surface area contributed by atoms with Gasteiger partial charge >= 0.3 is 0 Å². The average Bonchev–Trinajstić information content (AvgIpc) is 2.90. The Hall–Kier alpha value is -1.92. The van der Waals surface area contributed by atoms with Crippen molar-refractivity contribution in [3.63, 3.8) is 0 Å². The fourth-order valence-corrected chi connectivity index (χ4v) is 3.02. The summed E-state index contributed by atoms with van der Waals surface area (Å²) in [6.45, 7) is 0. The molecule has 2 N–H and O–H groups in total. The Balaban J connectivity index is 1.75. The Bertz CT molecular complexity index is 702. The number of benzene rings is 1. The molecule has 122 valence electrons. The number of aromatic nitrogens is 1. The highest BCUT2D eigenvalue weighted by molar-refractivity contribution is 6.35. The standard InChI is InChI=1S/C16H16ClFN2O3/c17-13-14(9-4-6-10(18)7-5-9)20-23-15(13)16(22)19-11-2-1-3-12(21)8-11/h4-7,11-12,21H,1-3,8H2,(H,19,22)/t11-,12+/m1/s1. The second-order valence-corrected chi connectivity index (χ2v) is 6.05. The molecule has 1 fully saturated rings. The molecule has 0 unspecified atom stereocenters. The topological polar surface area (TPSA) is 75.4 Å². The Morgan fingerprint density at radius 3 is 2.78 bits per heavy atom. The lowest BCUT2D eigenvalue weighted by atomic mass is 9.93. The third kappa shape index (κ3) is 3.54. The van der Waals surface area contributed by atoms with Gasteiger partial charge in [0.2, 0.25) is 5.76 Å². The van der Waals surface area contributed by atoms with Gasteiger partial charge in [-0.25, -0.2) is 4.39 Å². The molecular formula is C16H16ClFN2O3. The van der Waals surface area contributed by atoms with Crippen LogP contribution in [0.5, 0.6) is 0 Å². The summed E-state index contributed by atoms with van der Waals surface area (Å²) in [5.41, 5.74) is 0.854. The number of nitrogens with one attached hydrogen (secondary N) is 1. The minimum atomic E-state index is -0.463. The van der Waals surface area contributed by atoms with Crippen LogP contribution in [0.25, 0.3) is 11.3 Å². The molecular weight excluding hydrogens is 323 g/mol. The maximum absolute atomic E-state index is 13.0. The van der Waals surface area contributed by atoms with E-state index in [1.165, 1.54) is 24.3 Å². The van der Waals surface area contributed by atoms with Crippen molar-refractivity contribution in [1.82, 2.24) is 10.5 Å². The van der Waals surface area contributed by atoms with Crippen molar-refractivity contribution in [2.24, 2.45) is 0 Å². The third-order valence-electron chi connectivity index (χ3n) is 3.94. The number of rotatable bonds is 3. The molecule has 5 nitrogen and oxygen atoms in total. The number of amides is 1. The fraction of sp³-hybridized carbons (Fsp3) is 0.375. The van der Waals surface area contributed by atoms with Crippen LogP contribution >= 0.6 is 11.6 Å². The summed E-state index contributed by atoms with van der Waals surface area (Å²) in [5, 5.41) is 16.3. The summed E-state index contributed by atoms with van der Waals surface area (Å²) in [6.07, 6.45) is 2.54. The van der Waals surface area contributed by atoms with Gasteiger partial charge in [-0.2, -0.15) is 0 Å². The van der Waals surface area contributed by atoms with Gasteiger partial charge in [-0.3, -0.25) is 4.79 Å². The van der Waals surface area contributed by atoms with Gasteiger partial charge in [0.25, 0.3) is 5.91 Å². The second kappa shape index (κ2) is 6.68. The van der Waals surface area contributed by atoms with Crippen LogP contribution in [0.3, 0.4) is 0 Å². The first-order valence-electron chi connectivity index (χ1n) is 7.44. The zero-order valence-corrected chi connectivity index (χ0v) is 13.0. The van der Waals surface area contributed by atoms with Crippen molar-refractivity contribution in [3.05, 3.63) is 40.9 Å². The molecule has 1 saturated carbocycles. The van der Waals surface area contributed by atoms with Gasteiger partial charge < -0.3 is 14.9 Å². The number of carbonyl (C=O) groups excluding carboxylic acids is 1. The van der Waals surface area contributed by atoms with E-state index in [0.717, 1.165) is 19.3 Å². The highest BCUT2D eigenvalue weighted by atomic mass is 35.5. The number of nitrogens with zero attached hydrogens (tertiary/aromatic N) is 1. The molecule has 2 atom stereocenters. The van der Waals surface area contributed by atoms with Gasteiger partial charge in [0, 0.05) is 11.6 Å². The van der Waals surface area contributed by atoms with Gasteiger partial charge in [0.15, 0.2) is 0 Å². The molecule has 2 aromatic rings. The van der Waals surface area contributed by atoms with Crippen molar-refractivity contribution in [2.75, 3.05) is 0 Å². The van der Waals surface area contributed by atoms with Crippen molar-refractivity contribution in [3.8, 4) is 11.3 Å². The van der Waals surface area contributed by atoms with E-state index in [2.05, 4.69) is 10.5 Å². The van der Waals surface area contributed by atoms with Crippen molar-refractivity contribution >= 4 is 17.5 Å². The predicted molar refractivity (Wildman–Crippen MR) is 82.6 cm³/mol. The monoisotopic (exact) mass is 338 g/mol. The first-order chi connectivity index (χ1) is 11.0. The number of carbonyl (C=O) groups is 1. The number of hydrogen-bond acceptors (Lipinski definition) is 4. The molecule has 0 aliphatic heterocycles. The van der Waals surface area contributed by atoms with Gasteiger partial charge in [-0.05, 0) is 49.9 Å². The minimum absolute atomic E-state index is 0.0777. The molecule has 1 amide bonds. The van der Waals surface area contributed by atoms with Crippen molar-refractivity contribution in [1.29, 1.82) is 0 Å². The Kier molecular flexibility index (Phi) is 4.63. The van der Waals surface area contributed by atoms with E-state index < -0.39 is 12.0 Å². The van der Waals surface area contributed by atoms with Crippen LogP contribution in [0.2, 0.25) is 5.02 Å². The number of aliphatic hydroxyl groups excluding tert-OH is 1. The first-order valence-corrected chi connectivity index (χ1v) is 7.82. The van der Waals surface area contributed by atoms with Crippen molar-refractivity contribution < 1.29 is 18.8 Å². The Morgan fingerprint density at radius 1 is 1.35 bits per heavy atom. The quantitative estimate of drug-likeness (QED) is 0.901. The van der Waals surface area contributed by atoms with Crippen LogP contribution in [0.4, 0.5) is 4.39 Å². The van der Waals surface area contributed by atoms with Gasteiger partial charge in [0.05, 0.1) is 6.10 Å². The molecule has 1 aromatic heterocycles. The van der Waals surface area contributed by atoms with Crippen LogP contribution in [0.1, 0.15) is 36.2 Å². The first kappa shape index (κ1) is 16.0. The summed E-state index contributed by atoms with van der Waals surface area (Å²) in [6, 6.07) is 5.48. The summed E-state index contributed by atoms with van der Waals surface area (Å²) in [5.74, 6) is -0.914. The lowest BCUT2D eigenvalue weighted by molar-refractivity contribution is 0.0818. The van der Waals surface area contributed by atoms with E-state index in [-0.39, 0.29) is 22.6 Å². The molecule has 1 heterocycles. The Morgan fingerprint density at radius 2 is 2.09 bits per heavy atom. The van der Waals surface area contributed by atoms with Crippen molar-refractivity contribution in [2.45, 2.75) is 37.8 Å². The molecule has 23 heavy (non-hydrogen) atoms. The molecule has 3 rings (SSSR count). The highest BCUT2D eigenvalue weighted by Gasteiger charge is 2.26. The predicted octanol–water partition coefficient (Wildman–Crippen LogP) is 3.17. The zero-order chi connectivity index (χ0) is 16.4.